The number of aliphatic hydroxyl groups is 1. The lowest BCUT2D eigenvalue weighted by molar-refractivity contribution is 0.179. The van der Waals surface area contributed by atoms with Crippen LogP contribution in [-0.4, -0.2) is 14.9 Å². The van der Waals surface area contributed by atoms with Gasteiger partial charge in [0.25, 0.3) is 0 Å². The normalized spacial score (nSPS) is 13.0. The second-order valence-electron chi connectivity index (χ2n) is 3.98. The molecule has 0 amide bonds. The molecule has 98 valence electrons. The van der Waals surface area contributed by atoms with E-state index in [9.17, 15) is 5.11 Å². The Morgan fingerprint density at radius 2 is 2.11 bits per heavy atom. The molecule has 2 heterocycles. The third kappa shape index (κ3) is 2.68. The molecule has 2 aromatic rings. The van der Waals surface area contributed by atoms with Gasteiger partial charge in [0, 0.05) is 24.6 Å². The maximum Gasteiger partial charge on any atom is 0.130 e. The van der Waals surface area contributed by atoms with Crippen molar-refractivity contribution in [3.8, 4) is 0 Å². The Hall–Kier alpha value is -0.260. The molecule has 0 spiro atoms. The van der Waals surface area contributed by atoms with Gasteiger partial charge in [0.05, 0.1) is 16.1 Å². The van der Waals surface area contributed by atoms with Crippen LogP contribution < -0.4 is 0 Å². The number of hydrogen-bond donors (Lipinski definition) is 1. The van der Waals surface area contributed by atoms with Crippen molar-refractivity contribution in [2.75, 3.05) is 0 Å². The molecule has 2 aromatic heterocycles. The zero-order chi connectivity index (χ0) is 13.4. The molecular formula is C11H11Cl3N2OS. The molecule has 0 bridgehead atoms. The number of aliphatic hydroxyl groups excluding tert-OH is 1. The van der Waals surface area contributed by atoms with Crippen LogP contribution in [0.25, 0.3) is 0 Å². The SMILES string of the molecule is Cc1nn(C)c(Cl)c1CC(O)c1cc(Cl)sc1Cl. The van der Waals surface area contributed by atoms with Crippen LogP contribution in [0.5, 0.6) is 0 Å². The fourth-order valence-corrected chi connectivity index (χ4v) is 3.61. The van der Waals surface area contributed by atoms with Crippen molar-refractivity contribution in [2.45, 2.75) is 19.4 Å². The van der Waals surface area contributed by atoms with Gasteiger partial charge in [-0.05, 0) is 13.0 Å². The van der Waals surface area contributed by atoms with Crippen molar-refractivity contribution >= 4 is 46.1 Å². The van der Waals surface area contributed by atoms with Crippen LogP contribution in [0.1, 0.15) is 22.9 Å². The van der Waals surface area contributed by atoms with E-state index >= 15 is 0 Å². The molecule has 2 rings (SSSR count). The fraction of sp³-hybridized carbons (Fsp3) is 0.364. The molecule has 0 aliphatic heterocycles. The molecule has 18 heavy (non-hydrogen) atoms. The van der Waals surface area contributed by atoms with Crippen LogP contribution in [0.2, 0.25) is 13.8 Å². The Labute approximate surface area is 124 Å². The van der Waals surface area contributed by atoms with Gasteiger partial charge in [0.15, 0.2) is 0 Å². The lowest BCUT2D eigenvalue weighted by atomic mass is 10.0. The van der Waals surface area contributed by atoms with Crippen molar-refractivity contribution in [1.82, 2.24) is 9.78 Å². The molecular weight excluding hydrogens is 315 g/mol. The van der Waals surface area contributed by atoms with E-state index < -0.39 is 6.10 Å². The topological polar surface area (TPSA) is 38.0 Å². The van der Waals surface area contributed by atoms with Crippen LogP contribution in [0, 0.1) is 6.92 Å². The summed E-state index contributed by atoms with van der Waals surface area (Å²) in [7, 11) is 1.76. The first-order valence-electron chi connectivity index (χ1n) is 5.21. The molecule has 0 saturated carbocycles. The zero-order valence-corrected chi connectivity index (χ0v) is 12.8. The van der Waals surface area contributed by atoms with Crippen molar-refractivity contribution in [3.63, 3.8) is 0 Å². The minimum atomic E-state index is -0.735. The van der Waals surface area contributed by atoms with Crippen LogP contribution in [-0.2, 0) is 13.5 Å². The zero-order valence-electron chi connectivity index (χ0n) is 9.75. The molecule has 0 saturated heterocycles. The van der Waals surface area contributed by atoms with Crippen LogP contribution >= 0.6 is 46.1 Å². The maximum absolute atomic E-state index is 10.2. The van der Waals surface area contributed by atoms with Crippen LogP contribution in [0.4, 0.5) is 0 Å². The van der Waals surface area contributed by atoms with Crippen molar-refractivity contribution in [3.05, 3.63) is 36.7 Å². The van der Waals surface area contributed by atoms with E-state index in [-0.39, 0.29) is 0 Å². The number of aromatic nitrogens is 2. The smallest absolute Gasteiger partial charge is 0.130 e. The van der Waals surface area contributed by atoms with E-state index in [4.69, 9.17) is 34.8 Å². The Kier molecular flexibility index (Phi) is 4.24. The highest BCUT2D eigenvalue weighted by Gasteiger charge is 2.20. The third-order valence-electron chi connectivity index (χ3n) is 2.71. The number of thiophene rings is 1. The Morgan fingerprint density at radius 3 is 2.56 bits per heavy atom. The summed E-state index contributed by atoms with van der Waals surface area (Å²) in [5, 5.41) is 14.9. The molecule has 0 aliphatic carbocycles. The summed E-state index contributed by atoms with van der Waals surface area (Å²) >= 11 is 19.2. The van der Waals surface area contributed by atoms with E-state index in [1.54, 1.807) is 17.8 Å². The number of rotatable bonds is 3. The quantitative estimate of drug-likeness (QED) is 0.925. The molecule has 0 fully saturated rings. The van der Waals surface area contributed by atoms with Gasteiger partial charge in [0.2, 0.25) is 0 Å². The molecule has 0 aromatic carbocycles. The predicted molar refractivity (Wildman–Crippen MR) is 76.0 cm³/mol. The van der Waals surface area contributed by atoms with E-state index in [0.29, 0.717) is 25.8 Å². The summed E-state index contributed by atoms with van der Waals surface area (Å²) in [5.41, 5.74) is 2.26. The number of halogens is 3. The second kappa shape index (κ2) is 5.39. The number of hydrogen-bond acceptors (Lipinski definition) is 3. The van der Waals surface area contributed by atoms with E-state index in [1.807, 2.05) is 6.92 Å². The molecule has 7 heteroatoms. The largest absolute Gasteiger partial charge is 0.388 e. The summed E-state index contributed by atoms with van der Waals surface area (Å²) in [4.78, 5) is 0. The van der Waals surface area contributed by atoms with Crippen molar-refractivity contribution < 1.29 is 5.11 Å². The molecule has 3 nitrogen and oxygen atoms in total. The van der Waals surface area contributed by atoms with E-state index in [1.165, 1.54) is 11.3 Å². The predicted octanol–water partition coefficient (Wildman–Crippen LogP) is 4.03. The van der Waals surface area contributed by atoms with Gasteiger partial charge in [-0.15, -0.1) is 11.3 Å². The number of aryl methyl sites for hydroxylation is 2. The monoisotopic (exact) mass is 324 g/mol. The fourth-order valence-electron chi connectivity index (χ4n) is 1.79. The molecule has 0 radical (unpaired) electrons. The van der Waals surface area contributed by atoms with Gasteiger partial charge >= 0.3 is 0 Å². The van der Waals surface area contributed by atoms with Crippen LogP contribution in [0.15, 0.2) is 6.07 Å². The third-order valence-corrected chi connectivity index (χ3v) is 4.70. The summed E-state index contributed by atoms with van der Waals surface area (Å²) in [6, 6.07) is 1.68. The first kappa shape index (κ1) is 14.2. The van der Waals surface area contributed by atoms with Gasteiger partial charge in [0.1, 0.15) is 9.49 Å². The van der Waals surface area contributed by atoms with Gasteiger partial charge in [-0.25, -0.2) is 0 Å². The van der Waals surface area contributed by atoms with Crippen LogP contribution in [0.3, 0.4) is 0 Å². The Morgan fingerprint density at radius 1 is 1.44 bits per heavy atom. The number of nitrogens with zero attached hydrogens (tertiary/aromatic N) is 2. The second-order valence-corrected chi connectivity index (χ2v) is 6.62. The molecule has 1 atom stereocenters. The van der Waals surface area contributed by atoms with Gasteiger partial charge in [-0.2, -0.15) is 5.10 Å². The average molecular weight is 326 g/mol. The minimum Gasteiger partial charge on any atom is -0.388 e. The highest BCUT2D eigenvalue weighted by atomic mass is 35.5. The van der Waals surface area contributed by atoms with E-state index in [0.717, 1.165) is 11.3 Å². The molecule has 1 N–H and O–H groups in total. The first-order valence-corrected chi connectivity index (χ1v) is 7.16. The standard InChI is InChI=1S/C11H11Cl3N2OS/c1-5-6(10(13)16(2)15-5)3-8(17)7-4-9(12)18-11(7)14/h4,8,17H,3H2,1-2H3. The van der Waals surface area contributed by atoms with E-state index in [2.05, 4.69) is 5.10 Å². The molecule has 1 unspecified atom stereocenters. The Balaban J connectivity index is 2.26. The average Bonchev–Trinajstić information content (AvgIpc) is 2.73. The van der Waals surface area contributed by atoms with Crippen molar-refractivity contribution in [1.29, 1.82) is 0 Å². The Bertz CT molecular complexity index is 579. The minimum absolute atomic E-state index is 0.366. The first-order chi connectivity index (χ1) is 8.40. The highest BCUT2D eigenvalue weighted by molar-refractivity contribution is 7.20. The van der Waals surface area contributed by atoms with Gasteiger partial charge < -0.3 is 5.11 Å². The summed E-state index contributed by atoms with van der Waals surface area (Å²) in [6.07, 6.45) is -0.368. The summed E-state index contributed by atoms with van der Waals surface area (Å²) in [5.74, 6) is 0. The summed E-state index contributed by atoms with van der Waals surface area (Å²) < 4.78 is 2.65. The molecule has 0 aliphatic rings. The highest BCUT2D eigenvalue weighted by Crippen LogP contribution is 2.37. The van der Waals surface area contributed by atoms with Gasteiger partial charge in [-0.3, -0.25) is 4.68 Å². The van der Waals surface area contributed by atoms with Gasteiger partial charge in [-0.1, -0.05) is 34.8 Å². The maximum atomic E-state index is 10.2. The van der Waals surface area contributed by atoms with Crippen molar-refractivity contribution in [2.24, 2.45) is 7.05 Å². The lowest BCUT2D eigenvalue weighted by Gasteiger charge is -2.09. The lowest BCUT2D eigenvalue weighted by Crippen LogP contribution is -2.02. The summed E-state index contributed by atoms with van der Waals surface area (Å²) in [6.45, 7) is 1.86.